The number of methoxy groups -OCH3 is 1. The summed E-state index contributed by atoms with van der Waals surface area (Å²) in [6, 6.07) is 2.10. The molecule has 2 nitrogen and oxygen atoms in total. The molecule has 0 saturated heterocycles. The van der Waals surface area contributed by atoms with Gasteiger partial charge in [-0.1, -0.05) is 13.8 Å². The molecule has 1 rings (SSSR count). The largest absolute Gasteiger partial charge is 0.494 e. The number of halogens is 2. The zero-order valence-corrected chi connectivity index (χ0v) is 9.63. The second-order valence-corrected chi connectivity index (χ2v) is 4.04. The van der Waals surface area contributed by atoms with E-state index in [-0.39, 0.29) is 23.8 Å². The highest BCUT2D eigenvalue weighted by Gasteiger charge is 2.21. The van der Waals surface area contributed by atoms with Gasteiger partial charge >= 0.3 is 0 Å². The highest BCUT2D eigenvalue weighted by Crippen LogP contribution is 2.30. The van der Waals surface area contributed by atoms with Crippen LogP contribution in [0.5, 0.6) is 5.75 Å². The first-order chi connectivity index (χ1) is 7.51. The van der Waals surface area contributed by atoms with Gasteiger partial charge in [0.1, 0.15) is 5.82 Å². The van der Waals surface area contributed by atoms with Crippen molar-refractivity contribution in [2.24, 2.45) is 5.92 Å². The van der Waals surface area contributed by atoms with Crippen molar-refractivity contribution < 1.29 is 18.6 Å². The molecule has 0 aliphatic carbocycles. The molecule has 0 aliphatic heterocycles. The molecule has 0 heterocycles. The summed E-state index contributed by atoms with van der Waals surface area (Å²) in [6.07, 6.45) is 0. The Morgan fingerprint density at radius 3 is 2.31 bits per heavy atom. The number of aliphatic hydroxyl groups is 1. The van der Waals surface area contributed by atoms with Crippen LogP contribution < -0.4 is 4.74 Å². The quantitative estimate of drug-likeness (QED) is 0.861. The minimum Gasteiger partial charge on any atom is -0.494 e. The van der Waals surface area contributed by atoms with Crippen molar-refractivity contribution in [1.29, 1.82) is 0 Å². The molecular weight excluding hydrogens is 214 g/mol. The normalized spacial score (nSPS) is 12.9. The van der Waals surface area contributed by atoms with Crippen LogP contribution >= 0.6 is 0 Å². The maximum atomic E-state index is 13.7. The summed E-state index contributed by atoms with van der Waals surface area (Å²) in [5.41, 5.74) is 0.191. The van der Waals surface area contributed by atoms with Crippen molar-refractivity contribution in [1.82, 2.24) is 0 Å². The molecule has 0 bridgehead atoms. The first-order valence-electron chi connectivity index (χ1n) is 5.15. The highest BCUT2D eigenvalue weighted by atomic mass is 19.1. The van der Waals surface area contributed by atoms with Crippen LogP contribution in [0.3, 0.4) is 0 Å². The Labute approximate surface area is 93.9 Å². The fourth-order valence-corrected chi connectivity index (χ4v) is 1.65. The van der Waals surface area contributed by atoms with Gasteiger partial charge in [-0.05, 0) is 17.5 Å². The minimum atomic E-state index is -0.613. The lowest BCUT2D eigenvalue weighted by Gasteiger charge is -2.19. The summed E-state index contributed by atoms with van der Waals surface area (Å²) in [4.78, 5) is 0. The summed E-state index contributed by atoms with van der Waals surface area (Å²) in [5, 5.41) is 9.17. The van der Waals surface area contributed by atoms with Crippen molar-refractivity contribution in [2.75, 3.05) is 13.7 Å². The lowest BCUT2D eigenvalue weighted by Crippen LogP contribution is -2.13. The second kappa shape index (κ2) is 5.25. The maximum absolute atomic E-state index is 13.7. The molecule has 0 spiro atoms. The maximum Gasteiger partial charge on any atom is 0.165 e. The topological polar surface area (TPSA) is 29.5 Å². The highest BCUT2D eigenvalue weighted by molar-refractivity contribution is 5.33. The Balaban J connectivity index is 3.18. The summed E-state index contributed by atoms with van der Waals surface area (Å²) in [6.45, 7) is 3.49. The van der Waals surface area contributed by atoms with Crippen LogP contribution in [0.15, 0.2) is 12.1 Å². The van der Waals surface area contributed by atoms with Crippen LogP contribution in [0.2, 0.25) is 0 Å². The van der Waals surface area contributed by atoms with Gasteiger partial charge in [-0.2, -0.15) is 0 Å². The Morgan fingerprint density at radius 1 is 1.25 bits per heavy atom. The summed E-state index contributed by atoms with van der Waals surface area (Å²) in [5.74, 6) is -1.65. The molecule has 0 aliphatic rings. The Morgan fingerprint density at radius 2 is 1.88 bits per heavy atom. The van der Waals surface area contributed by atoms with Gasteiger partial charge in [0.05, 0.1) is 13.7 Å². The number of hydrogen-bond donors (Lipinski definition) is 1. The van der Waals surface area contributed by atoms with Gasteiger partial charge in [0.2, 0.25) is 0 Å². The molecule has 1 N–H and O–H groups in total. The zero-order chi connectivity index (χ0) is 12.3. The van der Waals surface area contributed by atoms with Crippen LogP contribution in [-0.2, 0) is 0 Å². The first-order valence-corrected chi connectivity index (χ1v) is 5.15. The molecule has 0 aromatic heterocycles. The van der Waals surface area contributed by atoms with E-state index in [0.29, 0.717) is 0 Å². The van der Waals surface area contributed by atoms with Gasteiger partial charge in [0.15, 0.2) is 11.6 Å². The summed E-state index contributed by atoms with van der Waals surface area (Å²) < 4.78 is 31.8. The third-order valence-corrected chi connectivity index (χ3v) is 2.67. The summed E-state index contributed by atoms with van der Waals surface area (Å²) in [7, 11) is 1.28. The molecule has 1 atom stereocenters. The van der Waals surface area contributed by atoms with E-state index in [9.17, 15) is 13.9 Å². The molecule has 1 aromatic carbocycles. The van der Waals surface area contributed by atoms with Crippen molar-refractivity contribution in [3.63, 3.8) is 0 Å². The average molecular weight is 230 g/mol. The smallest absolute Gasteiger partial charge is 0.165 e. The minimum absolute atomic E-state index is 0.0345. The van der Waals surface area contributed by atoms with Crippen LogP contribution in [0.25, 0.3) is 0 Å². The fourth-order valence-electron chi connectivity index (χ4n) is 1.65. The zero-order valence-electron chi connectivity index (χ0n) is 9.63. The molecule has 4 heteroatoms. The van der Waals surface area contributed by atoms with E-state index in [1.165, 1.54) is 7.11 Å². The van der Waals surface area contributed by atoms with E-state index in [1.807, 2.05) is 13.8 Å². The first kappa shape index (κ1) is 12.9. The monoisotopic (exact) mass is 230 g/mol. The molecular formula is C12H16F2O2. The number of benzene rings is 1. The van der Waals surface area contributed by atoms with E-state index in [2.05, 4.69) is 4.74 Å². The fraction of sp³-hybridized carbons (Fsp3) is 0.500. The van der Waals surface area contributed by atoms with E-state index < -0.39 is 17.6 Å². The predicted molar refractivity (Wildman–Crippen MR) is 57.6 cm³/mol. The molecule has 16 heavy (non-hydrogen) atoms. The van der Waals surface area contributed by atoms with Crippen LogP contribution in [0, 0.1) is 17.6 Å². The van der Waals surface area contributed by atoms with Crippen molar-refractivity contribution in [3.8, 4) is 5.75 Å². The number of rotatable bonds is 4. The Hall–Kier alpha value is -1.16. The molecule has 0 amide bonds. The average Bonchev–Trinajstić information content (AvgIpc) is 2.23. The van der Waals surface area contributed by atoms with Gasteiger partial charge in [-0.15, -0.1) is 0 Å². The molecule has 90 valence electrons. The molecule has 1 unspecified atom stereocenters. The summed E-state index contributed by atoms with van der Waals surface area (Å²) >= 11 is 0. The molecule has 1 aromatic rings. The Bertz CT molecular complexity index is 364. The van der Waals surface area contributed by atoms with Crippen LogP contribution in [0.4, 0.5) is 8.78 Å². The van der Waals surface area contributed by atoms with Crippen molar-refractivity contribution in [2.45, 2.75) is 19.8 Å². The van der Waals surface area contributed by atoms with Gasteiger partial charge < -0.3 is 9.84 Å². The molecule has 0 radical (unpaired) electrons. The molecule has 0 saturated carbocycles. The van der Waals surface area contributed by atoms with E-state index in [0.717, 1.165) is 12.1 Å². The lowest BCUT2D eigenvalue weighted by molar-refractivity contribution is 0.233. The van der Waals surface area contributed by atoms with Gasteiger partial charge in [0.25, 0.3) is 0 Å². The van der Waals surface area contributed by atoms with Gasteiger partial charge in [0, 0.05) is 12.0 Å². The number of ether oxygens (including phenoxy) is 1. The third kappa shape index (κ3) is 2.50. The van der Waals surface area contributed by atoms with Crippen LogP contribution in [-0.4, -0.2) is 18.8 Å². The van der Waals surface area contributed by atoms with Gasteiger partial charge in [-0.25, -0.2) is 8.78 Å². The Kier molecular flexibility index (Phi) is 4.24. The van der Waals surface area contributed by atoms with E-state index >= 15 is 0 Å². The lowest BCUT2D eigenvalue weighted by atomic mass is 9.88. The SMILES string of the molecule is COc1cc(F)c(C(CO)C(C)C)cc1F. The van der Waals surface area contributed by atoms with Crippen molar-refractivity contribution >= 4 is 0 Å². The molecule has 0 fully saturated rings. The number of aliphatic hydroxyl groups excluding tert-OH is 1. The van der Waals surface area contributed by atoms with Crippen molar-refractivity contribution in [3.05, 3.63) is 29.3 Å². The predicted octanol–water partition coefficient (Wildman–Crippen LogP) is 2.71. The second-order valence-electron chi connectivity index (χ2n) is 4.04. The van der Waals surface area contributed by atoms with Crippen LogP contribution in [0.1, 0.15) is 25.3 Å². The van der Waals surface area contributed by atoms with E-state index in [4.69, 9.17) is 0 Å². The van der Waals surface area contributed by atoms with E-state index in [1.54, 1.807) is 0 Å². The number of hydrogen-bond acceptors (Lipinski definition) is 2. The standard InChI is InChI=1S/C12H16F2O2/c1-7(2)9(6-15)8-4-11(14)12(16-3)5-10(8)13/h4-5,7,9,15H,6H2,1-3H3. The third-order valence-electron chi connectivity index (χ3n) is 2.67. The van der Waals surface area contributed by atoms with Gasteiger partial charge in [-0.3, -0.25) is 0 Å².